The quantitative estimate of drug-likeness (QED) is 0.537. The van der Waals surface area contributed by atoms with E-state index in [0.717, 1.165) is 0 Å². The van der Waals surface area contributed by atoms with Crippen molar-refractivity contribution in [3.05, 3.63) is 36.3 Å². The summed E-state index contributed by atoms with van der Waals surface area (Å²) < 4.78 is 12.8. The first kappa shape index (κ1) is 7.28. The molecule has 0 fully saturated rings. The molecule has 0 aromatic rings. The minimum Gasteiger partial charge on any atom is -0.360 e. The number of hydrogen-bond donors (Lipinski definition) is 0. The molecule has 0 amide bonds. The first-order valence-corrected chi connectivity index (χ1v) is 3.79. The van der Waals surface area contributed by atoms with E-state index in [-0.39, 0.29) is 0 Å². The van der Waals surface area contributed by atoms with E-state index < -0.39 is 17.7 Å². The number of fused-ring (bicyclic) bond motifs is 1. The van der Waals surface area contributed by atoms with Crippen LogP contribution in [0.15, 0.2) is 36.3 Å². The number of carbonyl (C=O) groups excluding carboxylic acids is 1. The summed E-state index contributed by atoms with van der Waals surface area (Å²) in [6, 6.07) is -0.417. The molecule has 1 unspecified atom stereocenters. The fourth-order valence-electron chi connectivity index (χ4n) is 1.37. The van der Waals surface area contributed by atoms with Crippen LogP contribution in [0.2, 0.25) is 0 Å². The summed E-state index contributed by atoms with van der Waals surface area (Å²) in [6.45, 7) is 0.475. The van der Waals surface area contributed by atoms with Crippen LogP contribution in [0.4, 0.5) is 4.39 Å². The van der Waals surface area contributed by atoms with Gasteiger partial charge in [-0.3, -0.25) is 4.79 Å². The van der Waals surface area contributed by atoms with Crippen molar-refractivity contribution in [2.24, 2.45) is 0 Å². The summed E-state index contributed by atoms with van der Waals surface area (Å²) in [5.74, 6) is -1.06. The first-order chi connectivity index (χ1) is 5.79. The van der Waals surface area contributed by atoms with Gasteiger partial charge in [0.1, 0.15) is 6.04 Å². The fourth-order valence-corrected chi connectivity index (χ4v) is 1.37. The third kappa shape index (κ3) is 0.978. The minimum atomic E-state index is -0.615. The molecule has 0 saturated carbocycles. The molecule has 0 N–H and O–H groups in total. The van der Waals surface area contributed by atoms with Crippen molar-refractivity contribution in [2.75, 3.05) is 6.54 Å². The van der Waals surface area contributed by atoms with Gasteiger partial charge in [-0.2, -0.15) is 0 Å². The molecule has 0 aromatic carbocycles. The predicted octanol–water partition coefficient (Wildman–Crippen LogP) is 1.18. The topological polar surface area (TPSA) is 20.3 Å². The average Bonchev–Trinajstić information content (AvgIpc) is 2.12. The minimum absolute atomic E-state index is 0.417. The fraction of sp³-hybridized carbons (Fsp3) is 0.222. The average molecular weight is 165 g/mol. The summed E-state index contributed by atoms with van der Waals surface area (Å²) >= 11 is 0. The van der Waals surface area contributed by atoms with Gasteiger partial charge in [-0.25, -0.2) is 4.39 Å². The lowest BCUT2D eigenvalue weighted by Gasteiger charge is -2.30. The highest BCUT2D eigenvalue weighted by Gasteiger charge is 2.28. The first-order valence-electron chi connectivity index (χ1n) is 3.79. The Morgan fingerprint density at radius 2 is 2.33 bits per heavy atom. The molecule has 12 heavy (non-hydrogen) atoms. The Labute approximate surface area is 69.7 Å². The largest absolute Gasteiger partial charge is 0.360 e. The number of rotatable bonds is 0. The molecule has 0 saturated heterocycles. The van der Waals surface area contributed by atoms with Gasteiger partial charge in [-0.1, -0.05) is 12.2 Å². The van der Waals surface area contributed by atoms with E-state index in [4.69, 9.17) is 0 Å². The standard InChI is InChI=1S/C9H8FNO/c10-7-4-6-11-5-2-1-3-8(11)9(7)12/h1-5,8H,6H2. The Hall–Kier alpha value is -1.38. The smallest absolute Gasteiger partial charge is 0.217 e. The van der Waals surface area contributed by atoms with E-state index in [2.05, 4.69) is 0 Å². The SMILES string of the molecule is O=C1C(F)=CCN2C=CC=CC12. The molecule has 1 atom stereocenters. The lowest BCUT2D eigenvalue weighted by atomic mass is 10.0. The van der Waals surface area contributed by atoms with E-state index in [9.17, 15) is 9.18 Å². The highest BCUT2D eigenvalue weighted by atomic mass is 19.1. The molecule has 0 spiro atoms. The lowest BCUT2D eigenvalue weighted by molar-refractivity contribution is -0.120. The lowest BCUT2D eigenvalue weighted by Crippen LogP contribution is -2.40. The zero-order chi connectivity index (χ0) is 8.55. The maximum absolute atomic E-state index is 12.8. The number of carbonyl (C=O) groups is 1. The molecule has 2 aliphatic heterocycles. The van der Waals surface area contributed by atoms with Gasteiger partial charge in [0.25, 0.3) is 0 Å². The molecule has 0 radical (unpaired) electrons. The third-order valence-corrected chi connectivity index (χ3v) is 2.02. The third-order valence-electron chi connectivity index (χ3n) is 2.02. The van der Waals surface area contributed by atoms with E-state index in [1.807, 2.05) is 6.08 Å². The van der Waals surface area contributed by atoms with Crippen LogP contribution in [-0.2, 0) is 4.79 Å². The molecule has 2 nitrogen and oxygen atoms in total. The number of Topliss-reactive ketones (excluding diaryl/α,β-unsaturated/α-hetero) is 1. The summed E-state index contributed by atoms with van der Waals surface area (Å²) in [7, 11) is 0. The van der Waals surface area contributed by atoms with Gasteiger partial charge < -0.3 is 4.90 Å². The van der Waals surface area contributed by atoms with E-state index in [0.29, 0.717) is 6.54 Å². The van der Waals surface area contributed by atoms with Crippen LogP contribution in [0.25, 0.3) is 0 Å². The normalized spacial score (nSPS) is 27.1. The summed E-state index contributed by atoms with van der Waals surface area (Å²) in [4.78, 5) is 13.0. The second kappa shape index (κ2) is 2.59. The van der Waals surface area contributed by atoms with Gasteiger partial charge in [0.05, 0.1) is 0 Å². The molecule has 2 aliphatic rings. The number of ketones is 1. The van der Waals surface area contributed by atoms with E-state index in [1.54, 1.807) is 23.3 Å². The Balaban J connectivity index is 2.33. The van der Waals surface area contributed by atoms with Crippen molar-refractivity contribution in [2.45, 2.75) is 6.04 Å². The Bertz CT molecular complexity index is 304. The van der Waals surface area contributed by atoms with Crippen molar-refractivity contribution in [3.8, 4) is 0 Å². The molecular formula is C9H8FNO. The maximum Gasteiger partial charge on any atom is 0.217 e. The van der Waals surface area contributed by atoms with Crippen molar-refractivity contribution < 1.29 is 9.18 Å². The molecule has 2 heterocycles. The highest BCUT2D eigenvalue weighted by molar-refractivity contribution is 5.99. The maximum atomic E-state index is 12.8. The van der Waals surface area contributed by atoms with E-state index in [1.165, 1.54) is 6.08 Å². The second-order valence-corrected chi connectivity index (χ2v) is 2.78. The second-order valence-electron chi connectivity index (χ2n) is 2.78. The van der Waals surface area contributed by atoms with Crippen molar-refractivity contribution in [1.29, 1.82) is 0 Å². The molecule has 0 aromatic heterocycles. The van der Waals surface area contributed by atoms with Crippen molar-refractivity contribution in [1.82, 2.24) is 4.90 Å². The molecule has 2 rings (SSSR count). The molecule has 62 valence electrons. The molecule has 0 aliphatic carbocycles. The summed E-state index contributed by atoms with van der Waals surface area (Å²) in [5, 5.41) is 0. The molecule has 0 bridgehead atoms. The monoisotopic (exact) mass is 165 g/mol. The van der Waals surface area contributed by atoms with Crippen molar-refractivity contribution >= 4 is 5.78 Å². The van der Waals surface area contributed by atoms with Crippen LogP contribution in [0.3, 0.4) is 0 Å². The van der Waals surface area contributed by atoms with Gasteiger partial charge >= 0.3 is 0 Å². The van der Waals surface area contributed by atoms with E-state index >= 15 is 0 Å². The van der Waals surface area contributed by atoms with Crippen LogP contribution >= 0.6 is 0 Å². The summed E-state index contributed by atoms with van der Waals surface area (Å²) in [5.41, 5.74) is 0. The molecular weight excluding hydrogens is 157 g/mol. The van der Waals surface area contributed by atoms with Gasteiger partial charge in [-0.15, -0.1) is 0 Å². The molecule has 3 heteroatoms. The highest BCUT2D eigenvalue weighted by Crippen LogP contribution is 2.18. The van der Waals surface area contributed by atoms with Crippen molar-refractivity contribution in [3.63, 3.8) is 0 Å². The van der Waals surface area contributed by atoms with Gasteiger partial charge in [0, 0.05) is 12.7 Å². The number of hydrogen-bond acceptors (Lipinski definition) is 2. The Morgan fingerprint density at radius 3 is 3.17 bits per heavy atom. The zero-order valence-corrected chi connectivity index (χ0v) is 6.40. The number of nitrogens with zero attached hydrogens (tertiary/aromatic N) is 1. The Morgan fingerprint density at radius 1 is 1.50 bits per heavy atom. The number of allylic oxidation sites excluding steroid dienone is 2. The van der Waals surface area contributed by atoms with Crippen LogP contribution in [0, 0.1) is 0 Å². The van der Waals surface area contributed by atoms with Crippen LogP contribution in [0.5, 0.6) is 0 Å². The van der Waals surface area contributed by atoms with Gasteiger partial charge in [0.2, 0.25) is 5.78 Å². The zero-order valence-electron chi connectivity index (χ0n) is 6.40. The van der Waals surface area contributed by atoms with Gasteiger partial charge in [-0.05, 0) is 12.2 Å². The van der Waals surface area contributed by atoms with Gasteiger partial charge in [0.15, 0.2) is 5.83 Å². The van der Waals surface area contributed by atoms with Crippen LogP contribution in [0.1, 0.15) is 0 Å². The van der Waals surface area contributed by atoms with Crippen LogP contribution in [-0.4, -0.2) is 23.3 Å². The predicted molar refractivity (Wildman–Crippen MR) is 43.0 cm³/mol. The Kier molecular flexibility index (Phi) is 1.57. The number of halogens is 1. The summed E-state index contributed by atoms with van der Waals surface area (Å²) in [6.07, 6.45) is 8.40. The van der Waals surface area contributed by atoms with Crippen LogP contribution < -0.4 is 0 Å².